The minimum absolute atomic E-state index is 0.130. The molecule has 0 saturated heterocycles. The van der Waals surface area contributed by atoms with Gasteiger partial charge < -0.3 is 10.2 Å². The molecule has 0 fully saturated rings. The van der Waals surface area contributed by atoms with Crippen LogP contribution in [0, 0.1) is 0 Å². The molecule has 0 aliphatic heterocycles. The maximum absolute atomic E-state index is 12.6. The Kier molecular flexibility index (Phi) is 6.37. The molecule has 1 N–H and O–H groups in total. The fourth-order valence-electron chi connectivity index (χ4n) is 2.93. The molecular weight excluding hydrogens is 367 g/mol. The lowest BCUT2D eigenvalue weighted by Gasteiger charge is -2.23. The van der Waals surface area contributed by atoms with Gasteiger partial charge in [-0.25, -0.2) is 0 Å². The van der Waals surface area contributed by atoms with Gasteiger partial charge in [0.05, 0.1) is 0 Å². The van der Waals surface area contributed by atoms with E-state index in [2.05, 4.69) is 10.2 Å². The molecule has 134 valence electrons. The number of rotatable bonds is 7. The topological polar surface area (TPSA) is 32.3 Å². The van der Waals surface area contributed by atoms with Crippen LogP contribution in [0.5, 0.6) is 0 Å². The van der Waals surface area contributed by atoms with Crippen molar-refractivity contribution in [3.8, 4) is 0 Å². The number of anilines is 2. The molecule has 0 atom stereocenters. The van der Waals surface area contributed by atoms with E-state index in [-0.39, 0.29) is 5.91 Å². The fraction of sp³-hybridized carbons (Fsp3) is 0.190. The summed E-state index contributed by atoms with van der Waals surface area (Å²) in [6.45, 7) is 1.44. The van der Waals surface area contributed by atoms with Crippen LogP contribution in [0.15, 0.2) is 66.7 Å². The average molecular weight is 387 g/mol. The zero-order chi connectivity index (χ0) is 18.4. The van der Waals surface area contributed by atoms with E-state index in [0.29, 0.717) is 17.3 Å². The van der Waals surface area contributed by atoms with Crippen LogP contribution in [-0.2, 0) is 0 Å². The Morgan fingerprint density at radius 2 is 1.50 bits per heavy atom. The van der Waals surface area contributed by atoms with Crippen molar-refractivity contribution in [3.05, 3.63) is 72.3 Å². The first-order valence-corrected chi connectivity index (χ1v) is 9.56. The summed E-state index contributed by atoms with van der Waals surface area (Å²) in [7, 11) is 0. The lowest BCUT2D eigenvalue weighted by molar-refractivity contribution is 0.102. The van der Waals surface area contributed by atoms with E-state index in [9.17, 15) is 4.79 Å². The molecular formula is C21H20Cl2N2O. The third-order valence-electron chi connectivity index (χ3n) is 4.24. The van der Waals surface area contributed by atoms with Crippen LogP contribution >= 0.6 is 23.2 Å². The lowest BCUT2D eigenvalue weighted by atomic mass is 10.1. The number of hydrogen-bond donors (Lipinski definition) is 1. The van der Waals surface area contributed by atoms with E-state index in [0.717, 1.165) is 35.2 Å². The lowest BCUT2D eigenvalue weighted by Crippen LogP contribution is -2.27. The molecule has 0 radical (unpaired) electrons. The number of carbonyl (C=O) groups is 1. The predicted octanol–water partition coefficient (Wildman–Crippen LogP) is 5.38. The quantitative estimate of drug-likeness (QED) is 0.553. The monoisotopic (exact) mass is 386 g/mol. The minimum Gasteiger partial charge on any atom is -0.369 e. The first-order valence-electron chi connectivity index (χ1n) is 8.49. The van der Waals surface area contributed by atoms with Gasteiger partial charge in [-0.1, -0.05) is 36.4 Å². The van der Waals surface area contributed by atoms with E-state index < -0.39 is 0 Å². The third kappa shape index (κ3) is 4.29. The van der Waals surface area contributed by atoms with Gasteiger partial charge in [-0.05, 0) is 35.7 Å². The van der Waals surface area contributed by atoms with Crippen LogP contribution in [0.4, 0.5) is 11.4 Å². The van der Waals surface area contributed by atoms with Crippen molar-refractivity contribution >= 4 is 51.3 Å². The van der Waals surface area contributed by atoms with E-state index in [1.54, 1.807) is 0 Å². The normalized spacial score (nSPS) is 10.7. The second-order valence-electron chi connectivity index (χ2n) is 5.89. The number of carbonyl (C=O) groups excluding carboxylic acids is 1. The molecule has 0 heterocycles. The summed E-state index contributed by atoms with van der Waals surface area (Å²) in [5.74, 6) is 0.926. The SMILES string of the molecule is O=C(Nc1cccc2ccccc12)c1ccc(N(CCCl)CCCl)cc1. The van der Waals surface area contributed by atoms with Crippen molar-refractivity contribution in [2.75, 3.05) is 35.1 Å². The molecule has 3 aromatic carbocycles. The zero-order valence-electron chi connectivity index (χ0n) is 14.3. The maximum atomic E-state index is 12.6. The molecule has 3 aromatic rings. The van der Waals surface area contributed by atoms with Crippen LogP contribution in [0.25, 0.3) is 10.8 Å². The zero-order valence-corrected chi connectivity index (χ0v) is 15.8. The van der Waals surface area contributed by atoms with Gasteiger partial charge >= 0.3 is 0 Å². The molecule has 0 aromatic heterocycles. The molecule has 3 nitrogen and oxygen atoms in total. The maximum Gasteiger partial charge on any atom is 0.255 e. The Bertz CT molecular complexity index is 869. The molecule has 3 rings (SSSR count). The molecule has 0 saturated carbocycles. The van der Waals surface area contributed by atoms with Gasteiger partial charge in [0, 0.05) is 47.2 Å². The molecule has 5 heteroatoms. The van der Waals surface area contributed by atoms with Crippen molar-refractivity contribution in [1.82, 2.24) is 0 Å². The smallest absolute Gasteiger partial charge is 0.255 e. The van der Waals surface area contributed by atoms with Gasteiger partial charge in [0.25, 0.3) is 5.91 Å². The molecule has 0 bridgehead atoms. The van der Waals surface area contributed by atoms with Crippen molar-refractivity contribution in [1.29, 1.82) is 0 Å². The van der Waals surface area contributed by atoms with Crippen LogP contribution < -0.4 is 10.2 Å². The Morgan fingerprint density at radius 3 is 2.19 bits per heavy atom. The number of alkyl halides is 2. The standard InChI is InChI=1S/C21H20Cl2N2O/c22-12-14-25(15-13-23)18-10-8-17(9-11-18)21(26)24-20-7-3-5-16-4-1-2-6-19(16)20/h1-11H,12-15H2,(H,24,26). The number of benzene rings is 3. The summed E-state index contributed by atoms with van der Waals surface area (Å²) in [6, 6.07) is 21.4. The van der Waals surface area contributed by atoms with Crippen molar-refractivity contribution in [3.63, 3.8) is 0 Å². The van der Waals surface area contributed by atoms with Crippen LogP contribution in [-0.4, -0.2) is 30.8 Å². The molecule has 0 spiro atoms. The Hall–Kier alpha value is -2.23. The van der Waals surface area contributed by atoms with Crippen LogP contribution in [0.1, 0.15) is 10.4 Å². The summed E-state index contributed by atoms with van der Waals surface area (Å²) >= 11 is 11.7. The van der Waals surface area contributed by atoms with Gasteiger partial charge in [0.2, 0.25) is 0 Å². The van der Waals surface area contributed by atoms with E-state index in [1.165, 1.54) is 0 Å². The minimum atomic E-state index is -0.130. The highest BCUT2D eigenvalue weighted by molar-refractivity contribution is 6.18. The Balaban J connectivity index is 1.77. The fourth-order valence-corrected chi connectivity index (χ4v) is 3.33. The van der Waals surface area contributed by atoms with Gasteiger partial charge in [0.1, 0.15) is 0 Å². The van der Waals surface area contributed by atoms with E-state index in [1.807, 2.05) is 66.7 Å². The molecule has 0 unspecified atom stereocenters. The van der Waals surface area contributed by atoms with E-state index >= 15 is 0 Å². The summed E-state index contributed by atoms with van der Waals surface area (Å²) < 4.78 is 0. The Morgan fingerprint density at radius 1 is 0.846 bits per heavy atom. The van der Waals surface area contributed by atoms with Gasteiger partial charge in [-0.3, -0.25) is 4.79 Å². The van der Waals surface area contributed by atoms with Gasteiger partial charge in [-0.2, -0.15) is 0 Å². The second-order valence-corrected chi connectivity index (χ2v) is 6.65. The number of fused-ring (bicyclic) bond motifs is 1. The van der Waals surface area contributed by atoms with Crippen molar-refractivity contribution in [2.45, 2.75) is 0 Å². The highest BCUT2D eigenvalue weighted by atomic mass is 35.5. The van der Waals surface area contributed by atoms with Crippen molar-refractivity contribution < 1.29 is 4.79 Å². The number of nitrogens with zero attached hydrogens (tertiary/aromatic N) is 1. The number of hydrogen-bond acceptors (Lipinski definition) is 2. The molecule has 26 heavy (non-hydrogen) atoms. The summed E-state index contributed by atoms with van der Waals surface area (Å²) in [4.78, 5) is 14.7. The summed E-state index contributed by atoms with van der Waals surface area (Å²) in [5, 5.41) is 5.12. The first-order chi connectivity index (χ1) is 12.7. The predicted molar refractivity (Wildman–Crippen MR) is 112 cm³/mol. The molecule has 1 amide bonds. The molecule has 0 aliphatic carbocycles. The number of amides is 1. The number of nitrogens with one attached hydrogen (secondary N) is 1. The summed E-state index contributed by atoms with van der Waals surface area (Å²) in [6.07, 6.45) is 0. The molecule has 0 aliphatic rings. The second kappa shape index (κ2) is 8.93. The summed E-state index contributed by atoms with van der Waals surface area (Å²) in [5.41, 5.74) is 2.43. The van der Waals surface area contributed by atoms with Gasteiger partial charge in [-0.15, -0.1) is 23.2 Å². The van der Waals surface area contributed by atoms with Crippen LogP contribution in [0.2, 0.25) is 0 Å². The largest absolute Gasteiger partial charge is 0.369 e. The number of halogens is 2. The van der Waals surface area contributed by atoms with Gasteiger partial charge in [0.15, 0.2) is 0 Å². The van der Waals surface area contributed by atoms with Crippen LogP contribution in [0.3, 0.4) is 0 Å². The van der Waals surface area contributed by atoms with E-state index in [4.69, 9.17) is 23.2 Å². The Labute approximate surface area is 163 Å². The highest BCUT2D eigenvalue weighted by Crippen LogP contribution is 2.24. The first kappa shape index (κ1) is 18.6. The third-order valence-corrected chi connectivity index (χ3v) is 4.58. The highest BCUT2D eigenvalue weighted by Gasteiger charge is 2.10. The average Bonchev–Trinajstić information content (AvgIpc) is 2.68. The van der Waals surface area contributed by atoms with Crippen molar-refractivity contribution in [2.24, 2.45) is 0 Å².